The van der Waals surface area contributed by atoms with Crippen LogP contribution in [-0.4, -0.2) is 10.8 Å². The van der Waals surface area contributed by atoms with Gasteiger partial charge in [-0.2, -0.15) is 5.26 Å². The van der Waals surface area contributed by atoms with Crippen molar-refractivity contribution in [3.63, 3.8) is 0 Å². The first-order chi connectivity index (χ1) is 17.2. The number of carbonyl (C=O) groups is 1. The van der Waals surface area contributed by atoms with Crippen LogP contribution in [0.4, 0.5) is 11.4 Å². The molecule has 10 heteroatoms. The van der Waals surface area contributed by atoms with Gasteiger partial charge in [-0.05, 0) is 81.5 Å². The molecule has 0 aliphatic carbocycles. The third-order valence-corrected chi connectivity index (χ3v) is 6.32. The minimum atomic E-state index is -0.637. The highest BCUT2D eigenvalue weighted by Crippen LogP contribution is 2.34. The van der Waals surface area contributed by atoms with Gasteiger partial charge >= 0.3 is 0 Å². The Hall–Kier alpha value is -3.64. The van der Waals surface area contributed by atoms with Crippen LogP contribution in [0.2, 0.25) is 10.0 Å². The molecule has 0 aliphatic heterocycles. The fourth-order valence-corrected chi connectivity index (χ4v) is 4.18. The van der Waals surface area contributed by atoms with E-state index in [1.165, 1.54) is 18.2 Å². The zero-order valence-electron chi connectivity index (χ0n) is 18.6. The molecule has 0 unspecified atom stereocenters. The third-order valence-electron chi connectivity index (χ3n) is 4.91. The first kappa shape index (κ1) is 27.0. The summed E-state index contributed by atoms with van der Waals surface area (Å²) in [6.07, 6.45) is 3.61. The zero-order chi connectivity index (χ0) is 26.2. The number of nitriles is 1. The lowest BCUT2D eigenvalue weighted by molar-refractivity contribution is -0.384. The van der Waals surface area contributed by atoms with E-state index >= 15 is 0 Å². The third kappa shape index (κ3) is 6.73. The second kappa shape index (κ2) is 12.4. The van der Waals surface area contributed by atoms with Crippen molar-refractivity contribution >= 4 is 62.5 Å². The van der Waals surface area contributed by atoms with Gasteiger partial charge in [-0.3, -0.25) is 14.9 Å². The smallest absolute Gasteiger partial charge is 0.269 e. The molecule has 36 heavy (non-hydrogen) atoms. The van der Waals surface area contributed by atoms with Crippen LogP contribution in [0.3, 0.4) is 0 Å². The number of nitrogens with one attached hydrogen (secondary N) is 1. The summed E-state index contributed by atoms with van der Waals surface area (Å²) >= 11 is 15.6. The van der Waals surface area contributed by atoms with Gasteiger partial charge in [-0.25, -0.2) is 0 Å². The van der Waals surface area contributed by atoms with E-state index in [9.17, 15) is 20.2 Å². The van der Waals surface area contributed by atoms with Crippen LogP contribution in [0, 0.1) is 21.4 Å². The van der Waals surface area contributed by atoms with Gasteiger partial charge in [0.15, 0.2) is 0 Å². The molecule has 182 valence electrons. The highest BCUT2D eigenvalue weighted by atomic mass is 79.9. The van der Waals surface area contributed by atoms with Crippen LogP contribution in [0.25, 0.3) is 6.08 Å². The number of allylic oxidation sites excluding steroid dienone is 1. The van der Waals surface area contributed by atoms with Crippen molar-refractivity contribution in [2.24, 2.45) is 0 Å². The van der Waals surface area contributed by atoms with E-state index in [-0.39, 0.29) is 27.9 Å². The molecule has 1 N–H and O–H groups in total. The number of carbonyl (C=O) groups excluding carboxylic acids is 1. The molecule has 0 fully saturated rings. The van der Waals surface area contributed by atoms with Crippen molar-refractivity contribution in [3.05, 3.63) is 114 Å². The molecule has 3 rings (SSSR count). The molecule has 0 spiro atoms. The molecule has 0 saturated heterocycles. The number of nitro groups is 1. The van der Waals surface area contributed by atoms with E-state index in [4.69, 9.17) is 27.9 Å². The Morgan fingerprint density at radius 3 is 2.58 bits per heavy atom. The molecule has 0 aromatic heterocycles. The Morgan fingerprint density at radius 1 is 1.22 bits per heavy atom. The molecular formula is C26H18BrCl2N3O4. The number of benzene rings is 3. The number of non-ortho nitro benzene ring substituents is 1. The Morgan fingerprint density at radius 2 is 1.94 bits per heavy atom. The number of nitrogens with zero attached hydrogens (tertiary/aromatic N) is 2. The molecule has 0 atom stereocenters. The zero-order valence-corrected chi connectivity index (χ0v) is 21.7. The van der Waals surface area contributed by atoms with E-state index in [0.29, 0.717) is 27.9 Å². The Bertz CT molecular complexity index is 1400. The van der Waals surface area contributed by atoms with Gasteiger partial charge < -0.3 is 10.1 Å². The summed E-state index contributed by atoms with van der Waals surface area (Å²) in [5.41, 5.74) is 2.26. The number of rotatable bonds is 9. The first-order valence-electron chi connectivity index (χ1n) is 10.4. The lowest BCUT2D eigenvalue weighted by atomic mass is 10.0. The number of halogens is 3. The van der Waals surface area contributed by atoms with E-state index in [2.05, 4.69) is 27.8 Å². The maximum atomic E-state index is 12.7. The van der Waals surface area contributed by atoms with Crippen molar-refractivity contribution in [2.45, 2.75) is 13.0 Å². The summed E-state index contributed by atoms with van der Waals surface area (Å²) < 4.78 is 6.59. The van der Waals surface area contributed by atoms with Crippen LogP contribution < -0.4 is 10.1 Å². The van der Waals surface area contributed by atoms with Gasteiger partial charge in [0.1, 0.15) is 24.0 Å². The number of amides is 1. The molecule has 0 aliphatic rings. The Labute approximate surface area is 225 Å². The summed E-state index contributed by atoms with van der Waals surface area (Å²) in [7, 11) is 0. The molecular weight excluding hydrogens is 569 g/mol. The first-order valence-corrected chi connectivity index (χ1v) is 11.9. The van der Waals surface area contributed by atoms with E-state index in [1.54, 1.807) is 48.5 Å². The van der Waals surface area contributed by atoms with E-state index in [1.807, 2.05) is 6.07 Å². The fourth-order valence-electron chi connectivity index (χ4n) is 3.20. The molecule has 0 saturated carbocycles. The summed E-state index contributed by atoms with van der Waals surface area (Å²) in [6, 6.07) is 16.3. The average molecular weight is 587 g/mol. The number of anilines is 1. The van der Waals surface area contributed by atoms with Gasteiger partial charge in [-0.1, -0.05) is 35.3 Å². The van der Waals surface area contributed by atoms with Gasteiger partial charge in [0.2, 0.25) is 0 Å². The van der Waals surface area contributed by atoms with Crippen LogP contribution >= 0.6 is 39.1 Å². The second-order valence-corrected chi connectivity index (χ2v) is 9.06. The summed E-state index contributed by atoms with van der Waals surface area (Å²) in [5.74, 6) is -0.0828. The Balaban J connectivity index is 1.85. The maximum Gasteiger partial charge on any atom is 0.269 e. The fraction of sp³-hybridized carbons (Fsp3) is 0.0769. The van der Waals surface area contributed by atoms with Crippen molar-refractivity contribution in [1.29, 1.82) is 5.26 Å². The molecule has 1 amide bonds. The minimum Gasteiger partial charge on any atom is -0.487 e. The summed E-state index contributed by atoms with van der Waals surface area (Å²) in [5, 5.41) is 23.5. The maximum absolute atomic E-state index is 12.7. The monoisotopic (exact) mass is 585 g/mol. The standard InChI is InChI=1S/C26H18BrCl2N3O4/c1-2-4-18-11-17(12-19(14-30)26(33)31-23-6-3-5-22(28)24(23)29)13-21(27)25(18)36-15-16-7-9-20(10-8-16)32(34)35/h2-3,5-13H,1,4,15H2,(H,31,33)/b19-12-. The van der Waals surface area contributed by atoms with Crippen molar-refractivity contribution < 1.29 is 14.5 Å². The second-order valence-electron chi connectivity index (χ2n) is 7.42. The van der Waals surface area contributed by atoms with Crippen LogP contribution in [0.1, 0.15) is 16.7 Å². The molecule has 0 radical (unpaired) electrons. The molecule has 3 aromatic rings. The highest BCUT2D eigenvalue weighted by Gasteiger charge is 2.15. The summed E-state index contributed by atoms with van der Waals surface area (Å²) in [4.78, 5) is 23.1. The topological polar surface area (TPSA) is 105 Å². The van der Waals surface area contributed by atoms with Crippen LogP contribution in [-0.2, 0) is 17.8 Å². The SMILES string of the molecule is C=CCc1cc(/C=C(/C#N)C(=O)Nc2cccc(Cl)c2Cl)cc(Br)c1OCc1ccc([N+](=O)[O-])cc1. The average Bonchev–Trinajstić information content (AvgIpc) is 2.85. The molecule has 7 nitrogen and oxygen atoms in total. The van der Waals surface area contributed by atoms with Crippen molar-refractivity contribution in [2.75, 3.05) is 5.32 Å². The van der Waals surface area contributed by atoms with Crippen LogP contribution in [0.5, 0.6) is 5.75 Å². The van der Waals surface area contributed by atoms with Gasteiger partial charge in [0.25, 0.3) is 11.6 Å². The van der Waals surface area contributed by atoms with Crippen molar-refractivity contribution in [1.82, 2.24) is 0 Å². The molecule has 0 heterocycles. The largest absolute Gasteiger partial charge is 0.487 e. The van der Waals surface area contributed by atoms with Gasteiger partial charge in [0.05, 0.1) is 25.1 Å². The minimum absolute atomic E-state index is 0.00150. The number of ether oxygens (including phenoxy) is 1. The van der Waals surface area contributed by atoms with Crippen molar-refractivity contribution in [3.8, 4) is 11.8 Å². The lowest BCUT2D eigenvalue weighted by Gasteiger charge is -2.14. The number of hydrogen-bond acceptors (Lipinski definition) is 5. The highest BCUT2D eigenvalue weighted by molar-refractivity contribution is 9.10. The lowest BCUT2D eigenvalue weighted by Crippen LogP contribution is -2.13. The predicted octanol–water partition coefficient (Wildman–Crippen LogP) is 7.52. The molecule has 0 bridgehead atoms. The van der Waals surface area contributed by atoms with E-state index in [0.717, 1.165) is 11.1 Å². The Kier molecular flexibility index (Phi) is 9.25. The number of hydrogen-bond donors (Lipinski definition) is 1. The van der Waals surface area contributed by atoms with Gasteiger partial charge in [-0.15, -0.1) is 6.58 Å². The van der Waals surface area contributed by atoms with Gasteiger partial charge in [0, 0.05) is 12.1 Å². The summed E-state index contributed by atoms with van der Waals surface area (Å²) in [6.45, 7) is 3.96. The normalized spacial score (nSPS) is 10.9. The quantitative estimate of drug-likeness (QED) is 0.0917. The number of nitro benzene ring substituents is 1. The van der Waals surface area contributed by atoms with E-state index < -0.39 is 10.8 Å². The molecule has 3 aromatic carbocycles. The predicted molar refractivity (Wildman–Crippen MR) is 144 cm³/mol. The van der Waals surface area contributed by atoms with Crippen LogP contribution in [0.15, 0.2) is 77.3 Å².